The van der Waals surface area contributed by atoms with E-state index in [2.05, 4.69) is 38.3 Å². The topological polar surface area (TPSA) is 79.3 Å². The van der Waals surface area contributed by atoms with Gasteiger partial charge >= 0.3 is 6.03 Å². The van der Waals surface area contributed by atoms with Gasteiger partial charge in [0.1, 0.15) is 12.4 Å². The molecule has 0 aliphatic heterocycles. The molecule has 1 aromatic heterocycles. The molecule has 0 aliphatic carbocycles. The maximum atomic E-state index is 12.9. The quantitative estimate of drug-likeness (QED) is 0.572. The minimum absolute atomic E-state index is 0.00432. The predicted molar refractivity (Wildman–Crippen MR) is 126 cm³/mol. The van der Waals surface area contributed by atoms with E-state index in [-0.39, 0.29) is 23.9 Å². The number of hydrogen-bond acceptors (Lipinski definition) is 3. The van der Waals surface area contributed by atoms with E-state index in [1.54, 1.807) is 9.58 Å². The average Bonchev–Trinajstić information content (AvgIpc) is 3.12. The zero-order valence-electron chi connectivity index (χ0n) is 19.8. The Hall–Kier alpha value is -2.83. The third-order valence-electron chi connectivity index (χ3n) is 4.91. The molecule has 0 saturated carbocycles. The van der Waals surface area contributed by atoms with E-state index in [9.17, 15) is 9.59 Å². The number of anilines is 1. The fraction of sp³-hybridized carbons (Fsp3) is 0.542. The van der Waals surface area contributed by atoms with Crippen molar-refractivity contribution in [3.05, 3.63) is 41.6 Å². The molecule has 2 rings (SSSR count). The third kappa shape index (κ3) is 7.12. The van der Waals surface area contributed by atoms with Crippen molar-refractivity contribution >= 4 is 17.8 Å². The van der Waals surface area contributed by atoms with Crippen molar-refractivity contribution in [1.82, 2.24) is 20.0 Å². The Morgan fingerprint density at radius 2 is 1.87 bits per heavy atom. The SMILES string of the molecule is CCCCNC(=O)N(CCC)CC(=O)Nc1cc(C(C)(C)C)nn1-c1cccc(C)c1. The Kier molecular flexibility index (Phi) is 8.65. The molecular formula is C24H37N5O2. The fourth-order valence-electron chi connectivity index (χ4n) is 3.16. The minimum Gasteiger partial charge on any atom is -0.338 e. The Morgan fingerprint density at radius 1 is 1.13 bits per heavy atom. The lowest BCUT2D eigenvalue weighted by atomic mass is 9.92. The number of nitrogens with zero attached hydrogens (tertiary/aromatic N) is 3. The average molecular weight is 428 g/mol. The van der Waals surface area contributed by atoms with Gasteiger partial charge in [0, 0.05) is 24.6 Å². The Labute approximate surface area is 186 Å². The molecule has 0 aliphatic rings. The van der Waals surface area contributed by atoms with E-state index in [0.29, 0.717) is 18.9 Å². The maximum Gasteiger partial charge on any atom is 0.317 e. The van der Waals surface area contributed by atoms with Crippen molar-refractivity contribution in [1.29, 1.82) is 0 Å². The molecule has 3 amide bonds. The van der Waals surface area contributed by atoms with Crippen LogP contribution in [0.4, 0.5) is 10.6 Å². The minimum atomic E-state index is -0.242. The molecule has 0 fully saturated rings. The first kappa shape index (κ1) is 24.4. The van der Waals surface area contributed by atoms with Crippen LogP contribution in [0.3, 0.4) is 0 Å². The molecule has 0 bridgehead atoms. The van der Waals surface area contributed by atoms with Crippen molar-refractivity contribution in [3.8, 4) is 5.69 Å². The molecule has 2 aromatic rings. The second-order valence-corrected chi connectivity index (χ2v) is 8.97. The van der Waals surface area contributed by atoms with E-state index in [4.69, 9.17) is 5.10 Å². The van der Waals surface area contributed by atoms with Crippen molar-refractivity contribution in [2.24, 2.45) is 0 Å². The van der Waals surface area contributed by atoms with Crippen molar-refractivity contribution in [2.75, 3.05) is 25.0 Å². The fourth-order valence-corrected chi connectivity index (χ4v) is 3.16. The summed E-state index contributed by atoms with van der Waals surface area (Å²) in [6.07, 6.45) is 2.71. The monoisotopic (exact) mass is 427 g/mol. The Balaban J connectivity index is 2.22. The van der Waals surface area contributed by atoms with Gasteiger partial charge in [-0.2, -0.15) is 5.10 Å². The van der Waals surface area contributed by atoms with Crippen LogP contribution in [-0.4, -0.2) is 46.3 Å². The zero-order valence-corrected chi connectivity index (χ0v) is 19.8. The standard InChI is InChI=1S/C24H37N5O2/c1-7-9-13-25-23(31)28(14-8-2)17-22(30)26-21-16-20(24(4,5)6)27-29(21)19-12-10-11-18(3)15-19/h10-12,15-16H,7-9,13-14,17H2,1-6H3,(H,25,31)(H,26,30). The molecule has 1 heterocycles. The van der Waals surface area contributed by atoms with Gasteiger partial charge in [-0.05, 0) is 37.5 Å². The predicted octanol–water partition coefficient (Wildman–Crippen LogP) is 4.64. The highest BCUT2D eigenvalue weighted by atomic mass is 16.2. The summed E-state index contributed by atoms with van der Waals surface area (Å²) < 4.78 is 1.76. The number of aromatic nitrogens is 2. The molecule has 0 radical (unpaired) electrons. The van der Waals surface area contributed by atoms with Crippen LogP contribution in [0.5, 0.6) is 0 Å². The van der Waals surface area contributed by atoms with Crippen LogP contribution in [0.25, 0.3) is 5.69 Å². The Bertz CT molecular complexity index is 882. The highest BCUT2D eigenvalue weighted by Crippen LogP contribution is 2.26. The lowest BCUT2D eigenvalue weighted by Gasteiger charge is -2.22. The van der Waals surface area contributed by atoms with Gasteiger partial charge in [0.2, 0.25) is 5.91 Å². The molecule has 0 saturated heterocycles. The summed E-state index contributed by atoms with van der Waals surface area (Å²) in [4.78, 5) is 26.9. The summed E-state index contributed by atoms with van der Waals surface area (Å²) in [5.74, 6) is 0.358. The molecule has 0 unspecified atom stereocenters. The summed E-state index contributed by atoms with van der Waals surface area (Å²) in [5.41, 5.74) is 2.71. The number of nitrogens with one attached hydrogen (secondary N) is 2. The van der Waals surface area contributed by atoms with E-state index < -0.39 is 0 Å². The lowest BCUT2D eigenvalue weighted by molar-refractivity contribution is -0.116. The number of aryl methyl sites for hydroxylation is 1. The highest BCUT2D eigenvalue weighted by Gasteiger charge is 2.23. The molecular weight excluding hydrogens is 390 g/mol. The van der Waals surface area contributed by atoms with Gasteiger partial charge in [-0.25, -0.2) is 9.48 Å². The maximum absolute atomic E-state index is 12.9. The molecule has 31 heavy (non-hydrogen) atoms. The first-order valence-corrected chi connectivity index (χ1v) is 11.2. The smallest absolute Gasteiger partial charge is 0.317 e. The molecule has 2 N–H and O–H groups in total. The van der Waals surface area contributed by atoms with Gasteiger partial charge in [-0.3, -0.25) is 4.79 Å². The van der Waals surface area contributed by atoms with Gasteiger partial charge in [0.05, 0.1) is 11.4 Å². The summed E-state index contributed by atoms with van der Waals surface area (Å²) in [5, 5.41) is 10.6. The number of amides is 3. The van der Waals surface area contributed by atoms with Gasteiger partial charge in [0.15, 0.2) is 0 Å². The van der Waals surface area contributed by atoms with Crippen LogP contribution < -0.4 is 10.6 Å². The largest absolute Gasteiger partial charge is 0.338 e. The van der Waals surface area contributed by atoms with E-state index >= 15 is 0 Å². The van der Waals surface area contributed by atoms with Crippen LogP contribution in [0.2, 0.25) is 0 Å². The number of carbonyl (C=O) groups is 2. The molecule has 0 atom stereocenters. The van der Waals surface area contributed by atoms with Crippen molar-refractivity contribution in [3.63, 3.8) is 0 Å². The van der Waals surface area contributed by atoms with Crippen LogP contribution in [0.15, 0.2) is 30.3 Å². The summed E-state index contributed by atoms with van der Waals surface area (Å²) in [7, 11) is 0. The number of unbranched alkanes of at least 4 members (excludes halogenated alkanes) is 1. The molecule has 7 heteroatoms. The lowest BCUT2D eigenvalue weighted by Crippen LogP contribution is -2.44. The second kappa shape index (κ2) is 11.0. The van der Waals surface area contributed by atoms with Crippen LogP contribution in [-0.2, 0) is 10.2 Å². The molecule has 170 valence electrons. The Morgan fingerprint density at radius 3 is 2.48 bits per heavy atom. The van der Waals surface area contributed by atoms with E-state index in [0.717, 1.165) is 36.2 Å². The normalized spacial score (nSPS) is 11.3. The van der Waals surface area contributed by atoms with Crippen LogP contribution >= 0.6 is 0 Å². The van der Waals surface area contributed by atoms with Crippen LogP contribution in [0, 0.1) is 6.92 Å². The third-order valence-corrected chi connectivity index (χ3v) is 4.91. The first-order chi connectivity index (χ1) is 14.7. The van der Waals surface area contributed by atoms with Gasteiger partial charge in [-0.1, -0.05) is 53.2 Å². The number of hydrogen-bond donors (Lipinski definition) is 2. The second-order valence-electron chi connectivity index (χ2n) is 8.97. The number of carbonyl (C=O) groups excluding carboxylic acids is 2. The molecule has 0 spiro atoms. The van der Waals surface area contributed by atoms with E-state index in [1.807, 2.05) is 44.2 Å². The van der Waals surface area contributed by atoms with Gasteiger partial charge < -0.3 is 15.5 Å². The highest BCUT2D eigenvalue weighted by molar-refractivity contribution is 5.94. The first-order valence-electron chi connectivity index (χ1n) is 11.2. The van der Waals surface area contributed by atoms with Crippen molar-refractivity contribution in [2.45, 2.75) is 66.2 Å². The van der Waals surface area contributed by atoms with E-state index in [1.165, 1.54) is 0 Å². The molecule has 1 aromatic carbocycles. The van der Waals surface area contributed by atoms with Crippen molar-refractivity contribution < 1.29 is 9.59 Å². The number of urea groups is 1. The van der Waals surface area contributed by atoms with Gasteiger partial charge in [-0.15, -0.1) is 0 Å². The summed E-state index contributed by atoms with van der Waals surface area (Å²) in [6, 6.07) is 9.69. The summed E-state index contributed by atoms with van der Waals surface area (Å²) >= 11 is 0. The number of rotatable bonds is 9. The summed E-state index contributed by atoms with van der Waals surface area (Å²) in [6.45, 7) is 13.5. The van der Waals surface area contributed by atoms with Gasteiger partial charge in [0.25, 0.3) is 0 Å². The molecule has 7 nitrogen and oxygen atoms in total. The van der Waals surface area contributed by atoms with Crippen LogP contribution in [0.1, 0.15) is 65.1 Å². The number of benzene rings is 1. The zero-order chi connectivity index (χ0) is 23.0.